The third-order valence-electron chi connectivity index (χ3n) is 9.46. The molecule has 270 valence electrons. The van der Waals surface area contributed by atoms with Crippen molar-refractivity contribution >= 4 is 23.4 Å². The third-order valence-corrected chi connectivity index (χ3v) is 9.46. The topological polar surface area (TPSA) is 157 Å². The number of phenols is 1. The molecule has 5 aromatic rings. The molecule has 1 aliphatic rings. The van der Waals surface area contributed by atoms with E-state index in [2.05, 4.69) is 29.4 Å². The van der Waals surface area contributed by atoms with Gasteiger partial charge in [0.2, 0.25) is 0 Å². The number of anilines is 1. The second-order valence-corrected chi connectivity index (χ2v) is 13.2. The Kier molecular flexibility index (Phi) is 11.1. The number of H-pyrrole nitrogens is 1. The number of rotatable bonds is 13. The number of fused-ring (bicyclic) bond motifs is 1. The largest absolute Gasteiger partial charge is 0.508 e. The highest BCUT2D eigenvalue weighted by molar-refractivity contribution is 6.05. The molecule has 2 aromatic heterocycles. The van der Waals surface area contributed by atoms with E-state index in [-0.39, 0.29) is 35.4 Å². The zero-order chi connectivity index (χ0) is 36.8. The van der Waals surface area contributed by atoms with E-state index in [0.29, 0.717) is 60.1 Å². The SMILES string of the molecule is CCCCN(CCCC)C(=O)c1cc(C)n(-c2ccc(NC(=O)c3cc(-c4cccc(O)c4)[nH]n3)cc2C(=O)N2Cc3ccccc3C[C@H]2CO)n1. The van der Waals surface area contributed by atoms with Crippen molar-refractivity contribution in [3.63, 3.8) is 0 Å². The number of aliphatic hydroxyl groups excluding tert-OH is 1. The Hall–Kier alpha value is -5.75. The Morgan fingerprint density at radius 2 is 1.67 bits per heavy atom. The fraction of sp³-hybridized carbons (Fsp3) is 0.325. The van der Waals surface area contributed by atoms with Gasteiger partial charge in [-0.15, -0.1) is 0 Å². The van der Waals surface area contributed by atoms with Crippen LogP contribution in [-0.4, -0.2) is 83.5 Å². The molecule has 0 aliphatic carbocycles. The average molecular weight is 704 g/mol. The van der Waals surface area contributed by atoms with Crippen molar-refractivity contribution in [2.45, 2.75) is 65.5 Å². The summed E-state index contributed by atoms with van der Waals surface area (Å²) < 4.78 is 1.60. The van der Waals surface area contributed by atoms with Crippen molar-refractivity contribution in [2.24, 2.45) is 0 Å². The van der Waals surface area contributed by atoms with Gasteiger partial charge in [0.15, 0.2) is 11.4 Å². The Balaban J connectivity index is 1.35. The van der Waals surface area contributed by atoms with Crippen LogP contribution in [-0.2, 0) is 13.0 Å². The smallest absolute Gasteiger partial charge is 0.276 e. The van der Waals surface area contributed by atoms with Crippen LogP contribution in [0.1, 0.15) is 87.7 Å². The number of benzene rings is 3. The number of hydrogen-bond acceptors (Lipinski definition) is 7. The van der Waals surface area contributed by atoms with Crippen LogP contribution in [0.4, 0.5) is 5.69 Å². The van der Waals surface area contributed by atoms with Gasteiger partial charge in [-0.1, -0.05) is 63.1 Å². The van der Waals surface area contributed by atoms with Gasteiger partial charge < -0.3 is 25.3 Å². The lowest BCUT2D eigenvalue weighted by Crippen LogP contribution is -2.46. The number of aromatic hydroxyl groups is 1. The van der Waals surface area contributed by atoms with E-state index in [9.17, 15) is 24.6 Å². The maximum absolute atomic E-state index is 14.6. The summed E-state index contributed by atoms with van der Waals surface area (Å²) in [5.74, 6) is -0.917. The molecule has 4 N–H and O–H groups in total. The van der Waals surface area contributed by atoms with Crippen LogP contribution in [0, 0.1) is 6.92 Å². The minimum Gasteiger partial charge on any atom is -0.508 e. The number of amides is 3. The number of aromatic nitrogens is 4. The Morgan fingerprint density at radius 3 is 2.38 bits per heavy atom. The normalized spacial score (nSPS) is 13.8. The molecular formula is C40H45N7O5. The predicted molar refractivity (Wildman–Crippen MR) is 199 cm³/mol. The number of unbranched alkanes of at least 4 members (excludes halogenated alkanes) is 2. The zero-order valence-electron chi connectivity index (χ0n) is 29.8. The molecular weight excluding hydrogens is 658 g/mol. The van der Waals surface area contributed by atoms with Gasteiger partial charge >= 0.3 is 0 Å². The number of carbonyl (C=O) groups excluding carboxylic acids is 3. The Morgan fingerprint density at radius 1 is 0.923 bits per heavy atom. The first kappa shape index (κ1) is 36.1. The van der Waals surface area contributed by atoms with Crippen LogP contribution >= 0.6 is 0 Å². The van der Waals surface area contributed by atoms with Crippen LogP contribution in [0.25, 0.3) is 16.9 Å². The van der Waals surface area contributed by atoms with Crippen LogP contribution in [0.5, 0.6) is 5.75 Å². The maximum Gasteiger partial charge on any atom is 0.276 e. The number of aliphatic hydroxyl groups is 1. The summed E-state index contributed by atoms with van der Waals surface area (Å²) in [7, 11) is 0. The molecule has 6 rings (SSSR count). The summed E-state index contributed by atoms with van der Waals surface area (Å²) in [6.07, 6.45) is 4.21. The molecule has 0 radical (unpaired) electrons. The second kappa shape index (κ2) is 16.1. The van der Waals surface area contributed by atoms with Gasteiger partial charge in [-0.3, -0.25) is 19.5 Å². The lowest BCUT2D eigenvalue weighted by Gasteiger charge is -2.36. The fourth-order valence-corrected chi connectivity index (χ4v) is 6.56. The van der Waals surface area contributed by atoms with Gasteiger partial charge in [-0.05, 0) is 79.8 Å². The minimum atomic E-state index is -0.503. The summed E-state index contributed by atoms with van der Waals surface area (Å²) in [6.45, 7) is 7.39. The summed E-state index contributed by atoms with van der Waals surface area (Å²) in [5, 5.41) is 34.9. The van der Waals surface area contributed by atoms with Gasteiger partial charge in [-0.25, -0.2) is 4.68 Å². The van der Waals surface area contributed by atoms with Crippen molar-refractivity contribution in [1.82, 2.24) is 29.8 Å². The van der Waals surface area contributed by atoms with Crippen LogP contribution in [0.3, 0.4) is 0 Å². The highest BCUT2D eigenvalue weighted by Crippen LogP contribution is 2.29. The number of nitrogens with one attached hydrogen (secondary N) is 2. The van der Waals surface area contributed by atoms with E-state index in [0.717, 1.165) is 36.8 Å². The fourth-order valence-electron chi connectivity index (χ4n) is 6.56. The van der Waals surface area contributed by atoms with Crippen molar-refractivity contribution in [2.75, 3.05) is 25.0 Å². The monoisotopic (exact) mass is 703 g/mol. The van der Waals surface area contributed by atoms with Crippen LogP contribution in [0.15, 0.2) is 78.9 Å². The Labute approximate surface area is 303 Å². The molecule has 3 amide bonds. The molecule has 0 spiro atoms. The minimum absolute atomic E-state index is 0.0882. The summed E-state index contributed by atoms with van der Waals surface area (Å²) >= 11 is 0. The molecule has 52 heavy (non-hydrogen) atoms. The lowest BCUT2D eigenvalue weighted by atomic mass is 9.93. The first-order valence-corrected chi connectivity index (χ1v) is 17.9. The number of hydrogen-bond donors (Lipinski definition) is 4. The second-order valence-electron chi connectivity index (χ2n) is 13.2. The number of nitrogens with zero attached hydrogens (tertiary/aromatic N) is 5. The van der Waals surface area contributed by atoms with E-state index in [1.807, 2.05) is 36.1 Å². The molecule has 1 atom stereocenters. The van der Waals surface area contributed by atoms with Gasteiger partial charge in [0.05, 0.1) is 29.6 Å². The molecule has 0 saturated carbocycles. The van der Waals surface area contributed by atoms with Gasteiger partial charge in [0.1, 0.15) is 5.75 Å². The molecule has 0 bridgehead atoms. The average Bonchev–Trinajstić information content (AvgIpc) is 3.81. The molecule has 0 unspecified atom stereocenters. The van der Waals surface area contributed by atoms with Crippen LogP contribution < -0.4 is 5.32 Å². The van der Waals surface area contributed by atoms with Gasteiger partial charge in [0.25, 0.3) is 17.7 Å². The maximum atomic E-state index is 14.6. The molecule has 0 saturated heterocycles. The van der Waals surface area contributed by atoms with Gasteiger partial charge in [-0.2, -0.15) is 10.2 Å². The standard InChI is InChI=1S/C40H45N7O5/c1-4-6-17-45(18-7-5-2)40(52)36-19-26(3)47(44-36)37-16-15-30(41-38(50)35-23-34(42-43-35)28-13-10-14-32(49)21-28)22-33(37)39(51)46-24-29-12-9-8-11-27(29)20-31(46)25-48/h8-16,19,21-23,31,48-49H,4-7,17-18,20,24-25H2,1-3H3,(H,41,50)(H,42,43)/t31-/m0/s1. The molecule has 3 heterocycles. The first-order chi connectivity index (χ1) is 25.2. The number of aryl methyl sites for hydroxylation is 1. The van der Waals surface area contributed by atoms with E-state index >= 15 is 0 Å². The van der Waals surface area contributed by atoms with E-state index < -0.39 is 11.9 Å². The van der Waals surface area contributed by atoms with E-state index in [1.165, 1.54) is 0 Å². The molecule has 3 aromatic carbocycles. The highest BCUT2D eigenvalue weighted by atomic mass is 16.3. The van der Waals surface area contributed by atoms with Gasteiger partial charge in [0, 0.05) is 36.6 Å². The summed E-state index contributed by atoms with van der Waals surface area (Å²) in [5.41, 5.74) is 5.40. The lowest BCUT2D eigenvalue weighted by molar-refractivity contribution is 0.0544. The number of aromatic amines is 1. The first-order valence-electron chi connectivity index (χ1n) is 17.9. The highest BCUT2D eigenvalue weighted by Gasteiger charge is 2.32. The third kappa shape index (κ3) is 7.76. The van der Waals surface area contributed by atoms with Crippen molar-refractivity contribution in [3.8, 4) is 22.7 Å². The van der Waals surface area contributed by atoms with Crippen molar-refractivity contribution < 1.29 is 24.6 Å². The Bertz CT molecular complexity index is 2060. The van der Waals surface area contributed by atoms with Crippen molar-refractivity contribution in [3.05, 3.63) is 113 Å². The molecule has 1 aliphatic heterocycles. The number of carbonyl (C=O) groups is 3. The molecule has 12 nitrogen and oxygen atoms in total. The number of phenolic OH excluding ortho intramolecular Hbond substituents is 1. The summed E-state index contributed by atoms with van der Waals surface area (Å²) in [4.78, 5) is 45.2. The summed E-state index contributed by atoms with van der Waals surface area (Å²) in [6, 6.07) is 22.3. The molecule has 12 heteroatoms. The van der Waals surface area contributed by atoms with E-state index in [1.54, 1.807) is 64.2 Å². The van der Waals surface area contributed by atoms with Crippen molar-refractivity contribution in [1.29, 1.82) is 0 Å². The van der Waals surface area contributed by atoms with Crippen LogP contribution in [0.2, 0.25) is 0 Å². The zero-order valence-corrected chi connectivity index (χ0v) is 29.8. The predicted octanol–water partition coefficient (Wildman–Crippen LogP) is 6.13. The quantitative estimate of drug-likeness (QED) is 0.115. The van der Waals surface area contributed by atoms with E-state index in [4.69, 9.17) is 5.10 Å². The molecule has 0 fully saturated rings.